The number of aromatic nitrogens is 2. The summed E-state index contributed by atoms with van der Waals surface area (Å²) in [5, 5.41) is 7.17. The summed E-state index contributed by atoms with van der Waals surface area (Å²) < 4.78 is 30.3. The van der Waals surface area contributed by atoms with Crippen molar-refractivity contribution in [3.63, 3.8) is 0 Å². The Hall–Kier alpha value is -0.960. The van der Waals surface area contributed by atoms with E-state index in [2.05, 4.69) is 10.4 Å². The fraction of sp³-hybridized carbons (Fsp3) is 0.769. The molecule has 0 radical (unpaired) electrons. The third-order valence-corrected chi connectivity index (χ3v) is 5.86. The number of nitrogens with one attached hydrogen (secondary N) is 1. The summed E-state index contributed by atoms with van der Waals surface area (Å²) in [6.45, 7) is 1.64. The van der Waals surface area contributed by atoms with Crippen LogP contribution >= 0.6 is 0 Å². The summed E-state index contributed by atoms with van der Waals surface area (Å²) in [4.78, 5) is 0. The molecule has 120 valence electrons. The zero-order chi connectivity index (χ0) is 15.5. The number of hydrogen-bond donors (Lipinski definition) is 1. The Bertz CT molecular complexity index is 555. The molecule has 1 aliphatic heterocycles. The van der Waals surface area contributed by atoms with Crippen LogP contribution in [0.4, 0.5) is 0 Å². The van der Waals surface area contributed by atoms with Gasteiger partial charge in [-0.2, -0.15) is 22.1 Å². The predicted molar refractivity (Wildman–Crippen MR) is 81.9 cm³/mol. The van der Waals surface area contributed by atoms with Crippen LogP contribution in [0.1, 0.15) is 24.8 Å². The third kappa shape index (κ3) is 3.82. The Morgan fingerprint density at radius 3 is 2.86 bits per heavy atom. The predicted octanol–water partition coefficient (Wildman–Crippen LogP) is 0.171. The lowest BCUT2D eigenvalue weighted by molar-refractivity contribution is 0.232. The van der Waals surface area contributed by atoms with Gasteiger partial charge >= 0.3 is 0 Å². The maximum Gasteiger partial charge on any atom is 0.282 e. The fourth-order valence-corrected chi connectivity index (χ4v) is 4.38. The number of hydrogen-bond acceptors (Lipinski definition) is 4. The fourth-order valence-electron chi connectivity index (χ4n) is 2.79. The van der Waals surface area contributed by atoms with E-state index in [1.54, 1.807) is 22.2 Å². The van der Waals surface area contributed by atoms with E-state index in [9.17, 15) is 8.42 Å². The lowest BCUT2D eigenvalue weighted by atomic mass is 10.1. The van der Waals surface area contributed by atoms with Crippen molar-refractivity contribution in [3.05, 3.63) is 18.0 Å². The molecule has 7 nitrogen and oxygen atoms in total. The summed E-state index contributed by atoms with van der Waals surface area (Å²) in [7, 11) is 1.88. The van der Waals surface area contributed by atoms with Gasteiger partial charge in [-0.1, -0.05) is 6.42 Å². The van der Waals surface area contributed by atoms with E-state index in [-0.39, 0.29) is 6.04 Å². The smallest absolute Gasteiger partial charge is 0.282 e. The highest BCUT2D eigenvalue weighted by Crippen LogP contribution is 2.22. The van der Waals surface area contributed by atoms with Crippen LogP contribution in [-0.4, -0.2) is 60.0 Å². The average molecular weight is 315 g/mol. The molecule has 0 aromatic carbocycles. The van der Waals surface area contributed by atoms with Gasteiger partial charge in [0, 0.05) is 51.5 Å². The molecule has 1 N–H and O–H groups in total. The normalized spacial score (nSPS) is 21.0. The average Bonchev–Trinajstić information content (AvgIpc) is 2.85. The SMILES string of the molecule is CNCC1CCCCN1S(=O)(=O)N(C)Cc1cnn(C)c1. The van der Waals surface area contributed by atoms with Gasteiger partial charge in [0.25, 0.3) is 10.2 Å². The number of rotatable bonds is 6. The zero-order valence-corrected chi connectivity index (χ0v) is 13.8. The molecule has 1 saturated heterocycles. The van der Waals surface area contributed by atoms with Crippen molar-refractivity contribution in [1.29, 1.82) is 0 Å². The highest BCUT2D eigenvalue weighted by molar-refractivity contribution is 7.86. The first-order chi connectivity index (χ1) is 9.95. The van der Waals surface area contributed by atoms with Gasteiger partial charge in [-0.05, 0) is 19.9 Å². The molecule has 8 heteroatoms. The van der Waals surface area contributed by atoms with Gasteiger partial charge in [0.1, 0.15) is 0 Å². The minimum Gasteiger partial charge on any atom is -0.318 e. The Morgan fingerprint density at radius 1 is 1.48 bits per heavy atom. The lowest BCUT2D eigenvalue weighted by Crippen LogP contribution is -2.52. The maximum absolute atomic E-state index is 12.8. The summed E-state index contributed by atoms with van der Waals surface area (Å²) in [6, 6.07) is 0.0464. The van der Waals surface area contributed by atoms with E-state index in [1.807, 2.05) is 20.3 Å². The van der Waals surface area contributed by atoms with Gasteiger partial charge in [-0.3, -0.25) is 4.68 Å². The van der Waals surface area contributed by atoms with E-state index in [0.29, 0.717) is 19.6 Å². The first kappa shape index (κ1) is 16.4. The molecule has 1 aromatic rings. The Balaban J connectivity index is 2.11. The van der Waals surface area contributed by atoms with Crippen LogP contribution in [0, 0.1) is 0 Å². The molecular formula is C13H25N5O2S. The van der Waals surface area contributed by atoms with Crippen molar-refractivity contribution in [2.45, 2.75) is 31.8 Å². The van der Waals surface area contributed by atoms with Gasteiger partial charge in [-0.25, -0.2) is 0 Å². The van der Waals surface area contributed by atoms with Crippen LogP contribution < -0.4 is 5.32 Å². The molecule has 21 heavy (non-hydrogen) atoms. The standard InChI is InChI=1S/C13H25N5O2S/c1-14-9-13-6-4-5-7-18(13)21(19,20)17(3)11-12-8-15-16(2)10-12/h8,10,13-14H,4-7,9,11H2,1-3H3. The molecule has 1 atom stereocenters. The van der Waals surface area contributed by atoms with E-state index in [4.69, 9.17) is 0 Å². The molecule has 1 aromatic heterocycles. The quantitative estimate of drug-likeness (QED) is 0.812. The minimum atomic E-state index is -3.43. The molecule has 0 aliphatic carbocycles. The van der Waals surface area contributed by atoms with Gasteiger partial charge < -0.3 is 5.32 Å². The van der Waals surface area contributed by atoms with E-state index in [0.717, 1.165) is 24.8 Å². The van der Waals surface area contributed by atoms with Crippen molar-refractivity contribution < 1.29 is 8.42 Å². The van der Waals surface area contributed by atoms with Crippen molar-refractivity contribution in [3.8, 4) is 0 Å². The second-order valence-corrected chi connectivity index (χ2v) is 7.59. The molecule has 1 fully saturated rings. The molecule has 2 rings (SSSR count). The Morgan fingerprint density at radius 2 is 2.24 bits per heavy atom. The summed E-state index contributed by atoms with van der Waals surface area (Å²) >= 11 is 0. The monoisotopic (exact) mass is 315 g/mol. The largest absolute Gasteiger partial charge is 0.318 e. The molecule has 0 saturated carbocycles. The molecule has 0 amide bonds. The van der Waals surface area contributed by atoms with Crippen LogP contribution in [0.25, 0.3) is 0 Å². The molecule has 0 bridgehead atoms. The Labute approximate surface area is 127 Å². The van der Waals surface area contributed by atoms with E-state index >= 15 is 0 Å². The summed E-state index contributed by atoms with van der Waals surface area (Å²) in [6.07, 6.45) is 6.48. The molecular weight excluding hydrogens is 290 g/mol. The number of likely N-dealkylation sites (N-methyl/N-ethyl adjacent to an activating group) is 1. The first-order valence-corrected chi connectivity index (χ1v) is 8.70. The molecule has 1 aliphatic rings. The third-order valence-electron chi connectivity index (χ3n) is 3.87. The van der Waals surface area contributed by atoms with Gasteiger partial charge in [0.05, 0.1) is 6.20 Å². The van der Waals surface area contributed by atoms with Crippen LogP contribution in [0.2, 0.25) is 0 Å². The van der Waals surface area contributed by atoms with Gasteiger partial charge in [0.15, 0.2) is 0 Å². The van der Waals surface area contributed by atoms with Gasteiger partial charge in [-0.15, -0.1) is 0 Å². The maximum atomic E-state index is 12.8. The van der Waals surface area contributed by atoms with Gasteiger partial charge in [0.2, 0.25) is 0 Å². The number of aryl methyl sites for hydroxylation is 1. The second kappa shape index (κ2) is 6.87. The second-order valence-electron chi connectivity index (χ2n) is 5.60. The van der Waals surface area contributed by atoms with Crippen LogP contribution in [0.5, 0.6) is 0 Å². The highest BCUT2D eigenvalue weighted by atomic mass is 32.2. The van der Waals surface area contributed by atoms with Crippen LogP contribution in [-0.2, 0) is 23.8 Å². The number of piperidine rings is 1. The molecule has 2 heterocycles. The molecule has 1 unspecified atom stereocenters. The Kier molecular flexibility index (Phi) is 5.37. The number of nitrogens with zero attached hydrogens (tertiary/aromatic N) is 4. The zero-order valence-electron chi connectivity index (χ0n) is 13.0. The summed E-state index contributed by atoms with van der Waals surface area (Å²) in [5.74, 6) is 0. The minimum absolute atomic E-state index is 0.0464. The van der Waals surface area contributed by atoms with Crippen LogP contribution in [0.15, 0.2) is 12.4 Å². The van der Waals surface area contributed by atoms with Crippen molar-refractivity contribution in [1.82, 2.24) is 23.7 Å². The first-order valence-electron chi connectivity index (χ1n) is 7.30. The van der Waals surface area contributed by atoms with Crippen molar-refractivity contribution in [2.24, 2.45) is 7.05 Å². The van der Waals surface area contributed by atoms with E-state index in [1.165, 1.54) is 4.31 Å². The summed E-state index contributed by atoms with van der Waals surface area (Å²) in [5.41, 5.74) is 0.894. The van der Waals surface area contributed by atoms with Crippen molar-refractivity contribution >= 4 is 10.2 Å². The van der Waals surface area contributed by atoms with E-state index < -0.39 is 10.2 Å². The van der Waals surface area contributed by atoms with Crippen molar-refractivity contribution in [2.75, 3.05) is 27.2 Å². The lowest BCUT2D eigenvalue weighted by Gasteiger charge is -2.36. The van der Waals surface area contributed by atoms with Crippen LogP contribution in [0.3, 0.4) is 0 Å². The topological polar surface area (TPSA) is 70.5 Å². The molecule has 0 spiro atoms. The highest BCUT2D eigenvalue weighted by Gasteiger charge is 2.34.